The molecule has 1 aromatic rings. The maximum absolute atomic E-state index is 12.2. The summed E-state index contributed by atoms with van der Waals surface area (Å²) < 4.78 is 28.3. The van der Waals surface area contributed by atoms with Gasteiger partial charge in [0.15, 0.2) is 0 Å². The minimum Gasteiger partial charge on any atom is -0.478 e. The molecule has 2 N–H and O–H groups in total. The largest absolute Gasteiger partial charge is 0.478 e. The molecule has 0 aliphatic carbocycles. The number of benzene rings is 1. The summed E-state index contributed by atoms with van der Waals surface area (Å²) in [5, 5.41) is 8.66. The van der Waals surface area contributed by atoms with Gasteiger partial charge in [-0.2, -0.15) is 12.7 Å². The van der Waals surface area contributed by atoms with Crippen molar-refractivity contribution < 1.29 is 18.3 Å². The lowest BCUT2D eigenvalue weighted by Gasteiger charge is -2.17. The summed E-state index contributed by atoms with van der Waals surface area (Å²) in [4.78, 5) is 10.6. The molecule has 6 nitrogen and oxygen atoms in total. The Morgan fingerprint density at radius 3 is 2.62 bits per heavy atom. The van der Waals surface area contributed by atoms with Crippen LogP contribution < -0.4 is 4.72 Å². The van der Waals surface area contributed by atoms with E-state index in [-0.39, 0.29) is 0 Å². The summed E-state index contributed by atoms with van der Waals surface area (Å²) in [7, 11) is -3.53. The third-order valence-corrected chi connectivity index (χ3v) is 4.88. The first-order chi connectivity index (χ1) is 9.88. The fourth-order valence-corrected chi connectivity index (χ4v) is 3.48. The zero-order valence-electron chi connectivity index (χ0n) is 11.7. The van der Waals surface area contributed by atoms with E-state index in [1.54, 1.807) is 18.2 Å². The molecule has 0 aromatic heterocycles. The third-order valence-electron chi connectivity index (χ3n) is 3.34. The van der Waals surface area contributed by atoms with Gasteiger partial charge in [-0.3, -0.25) is 4.72 Å². The predicted molar refractivity (Wildman–Crippen MR) is 81.2 cm³/mol. The van der Waals surface area contributed by atoms with Crippen LogP contribution in [-0.4, -0.2) is 36.9 Å². The maximum Gasteiger partial charge on any atom is 0.328 e. The maximum atomic E-state index is 12.2. The van der Waals surface area contributed by atoms with Crippen molar-refractivity contribution in [1.82, 2.24) is 4.31 Å². The standard InChI is InChI=1S/C14H18N2O4S/c1-11-4-6-13(10-12(11)5-7-14(17)18)15-21(19,20)16-8-2-3-9-16/h4-7,10,15H,2-3,8-9H2,1H3,(H,17,18). The van der Waals surface area contributed by atoms with E-state index in [1.165, 1.54) is 10.4 Å². The fraction of sp³-hybridized carbons (Fsp3) is 0.357. The van der Waals surface area contributed by atoms with Crippen molar-refractivity contribution in [2.45, 2.75) is 19.8 Å². The smallest absolute Gasteiger partial charge is 0.328 e. The summed E-state index contributed by atoms with van der Waals surface area (Å²) in [6, 6.07) is 5.05. The van der Waals surface area contributed by atoms with Crippen molar-refractivity contribution in [3.05, 3.63) is 35.4 Å². The zero-order chi connectivity index (χ0) is 15.5. The molecule has 0 saturated carbocycles. The van der Waals surface area contributed by atoms with Gasteiger partial charge < -0.3 is 5.11 Å². The Kier molecular flexibility index (Phi) is 4.64. The van der Waals surface area contributed by atoms with Crippen molar-refractivity contribution >= 4 is 27.9 Å². The Balaban J connectivity index is 2.21. The molecule has 1 aromatic carbocycles. The van der Waals surface area contributed by atoms with Gasteiger partial charge in [-0.25, -0.2) is 4.79 Å². The number of carboxylic acids is 1. The molecule has 114 valence electrons. The molecule has 1 heterocycles. The second kappa shape index (κ2) is 6.28. The first kappa shape index (κ1) is 15.5. The van der Waals surface area contributed by atoms with Crippen molar-refractivity contribution in [2.75, 3.05) is 17.8 Å². The molecule has 2 rings (SSSR count). The van der Waals surface area contributed by atoms with Gasteiger partial charge in [-0.15, -0.1) is 0 Å². The average Bonchev–Trinajstić information content (AvgIpc) is 2.93. The van der Waals surface area contributed by atoms with E-state index in [0.29, 0.717) is 24.3 Å². The Labute approximate surface area is 124 Å². The number of aliphatic carboxylic acids is 1. The lowest BCUT2D eigenvalue weighted by atomic mass is 10.1. The Bertz CT molecular complexity index is 662. The van der Waals surface area contributed by atoms with Gasteiger partial charge in [-0.05, 0) is 49.1 Å². The van der Waals surface area contributed by atoms with E-state index in [1.807, 2.05) is 6.92 Å². The highest BCUT2D eigenvalue weighted by Gasteiger charge is 2.25. The van der Waals surface area contributed by atoms with Gasteiger partial charge in [0.05, 0.1) is 5.69 Å². The van der Waals surface area contributed by atoms with E-state index >= 15 is 0 Å². The molecule has 21 heavy (non-hydrogen) atoms. The molecule has 0 spiro atoms. The van der Waals surface area contributed by atoms with Gasteiger partial charge in [-0.1, -0.05) is 6.07 Å². The summed E-state index contributed by atoms with van der Waals surface area (Å²) in [5.41, 5.74) is 1.97. The number of hydrogen-bond donors (Lipinski definition) is 2. The van der Waals surface area contributed by atoms with Crippen LogP contribution in [0.1, 0.15) is 24.0 Å². The Morgan fingerprint density at radius 2 is 2.00 bits per heavy atom. The molecule has 0 bridgehead atoms. The Hall–Kier alpha value is -1.86. The molecule has 0 unspecified atom stereocenters. The highest BCUT2D eigenvalue weighted by Crippen LogP contribution is 2.20. The van der Waals surface area contributed by atoms with Crippen molar-refractivity contribution in [3.63, 3.8) is 0 Å². The highest BCUT2D eigenvalue weighted by atomic mass is 32.2. The molecule has 1 aliphatic heterocycles. The first-order valence-corrected chi connectivity index (χ1v) is 8.12. The van der Waals surface area contributed by atoms with Gasteiger partial charge in [0.1, 0.15) is 0 Å². The summed E-state index contributed by atoms with van der Waals surface area (Å²) >= 11 is 0. The second-order valence-corrected chi connectivity index (χ2v) is 6.63. The SMILES string of the molecule is Cc1ccc(NS(=O)(=O)N2CCCC2)cc1C=CC(=O)O. The number of anilines is 1. The number of aryl methyl sites for hydroxylation is 1. The van der Waals surface area contributed by atoms with Crippen LogP contribution in [-0.2, 0) is 15.0 Å². The molecule has 1 aliphatic rings. The zero-order valence-corrected chi connectivity index (χ0v) is 12.6. The Morgan fingerprint density at radius 1 is 1.33 bits per heavy atom. The number of nitrogens with zero attached hydrogens (tertiary/aromatic N) is 1. The van der Waals surface area contributed by atoms with Crippen LogP contribution in [0.5, 0.6) is 0 Å². The number of carbonyl (C=O) groups is 1. The quantitative estimate of drug-likeness (QED) is 0.813. The van der Waals surface area contributed by atoms with E-state index < -0.39 is 16.2 Å². The molecular weight excluding hydrogens is 292 g/mol. The molecule has 0 amide bonds. The van der Waals surface area contributed by atoms with E-state index in [2.05, 4.69) is 4.72 Å². The van der Waals surface area contributed by atoms with Gasteiger partial charge in [0, 0.05) is 19.2 Å². The normalized spacial score (nSPS) is 16.4. The molecule has 1 saturated heterocycles. The molecule has 0 radical (unpaired) electrons. The van der Waals surface area contributed by atoms with Gasteiger partial charge >= 0.3 is 16.2 Å². The number of nitrogens with one attached hydrogen (secondary N) is 1. The van der Waals surface area contributed by atoms with E-state index in [4.69, 9.17) is 5.11 Å². The topological polar surface area (TPSA) is 86.7 Å². The second-order valence-electron chi connectivity index (χ2n) is 4.96. The van der Waals surface area contributed by atoms with Crippen LogP contribution in [0.15, 0.2) is 24.3 Å². The monoisotopic (exact) mass is 310 g/mol. The summed E-state index contributed by atoms with van der Waals surface area (Å²) in [6.07, 6.45) is 4.23. The van der Waals surface area contributed by atoms with Crippen LogP contribution in [0.3, 0.4) is 0 Å². The van der Waals surface area contributed by atoms with Gasteiger partial charge in [0.2, 0.25) is 0 Å². The average molecular weight is 310 g/mol. The van der Waals surface area contributed by atoms with E-state index in [9.17, 15) is 13.2 Å². The highest BCUT2D eigenvalue weighted by molar-refractivity contribution is 7.90. The van der Waals surface area contributed by atoms with Crippen LogP contribution >= 0.6 is 0 Å². The van der Waals surface area contributed by atoms with Crippen LogP contribution in [0.4, 0.5) is 5.69 Å². The fourth-order valence-electron chi connectivity index (χ4n) is 2.19. The lowest BCUT2D eigenvalue weighted by Crippen LogP contribution is -2.33. The van der Waals surface area contributed by atoms with Crippen LogP contribution in [0.2, 0.25) is 0 Å². The molecule has 7 heteroatoms. The van der Waals surface area contributed by atoms with Gasteiger partial charge in [0.25, 0.3) is 0 Å². The predicted octanol–water partition coefficient (Wildman–Crippen LogP) is 1.85. The van der Waals surface area contributed by atoms with Crippen molar-refractivity contribution in [2.24, 2.45) is 0 Å². The molecule has 1 fully saturated rings. The third kappa shape index (κ3) is 4.05. The van der Waals surface area contributed by atoms with Crippen molar-refractivity contribution in [3.8, 4) is 0 Å². The summed E-state index contributed by atoms with van der Waals surface area (Å²) in [6.45, 7) is 2.90. The molecule has 0 atom stereocenters. The van der Waals surface area contributed by atoms with Crippen LogP contribution in [0.25, 0.3) is 6.08 Å². The summed E-state index contributed by atoms with van der Waals surface area (Å²) in [5.74, 6) is -1.04. The number of hydrogen-bond acceptors (Lipinski definition) is 3. The minimum absolute atomic E-state index is 0.428. The minimum atomic E-state index is -3.53. The van der Waals surface area contributed by atoms with E-state index in [0.717, 1.165) is 24.5 Å². The lowest BCUT2D eigenvalue weighted by molar-refractivity contribution is -0.131. The van der Waals surface area contributed by atoms with Crippen molar-refractivity contribution in [1.29, 1.82) is 0 Å². The number of rotatable bonds is 5. The van der Waals surface area contributed by atoms with Crippen LogP contribution in [0, 0.1) is 6.92 Å². The number of carboxylic acid groups (broad SMARTS) is 1. The molecular formula is C14H18N2O4S. The first-order valence-electron chi connectivity index (χ1n) is 6.68.